The van der Waals surface area contributed by atoms with Crippen LogP contribution in [0.3, 0.4) is 0 Å². The van der Waals surface area contributed by atoms with E-state index in [0.717, 1.165) is 0 Å². The monoisotopic (exact) mass is 280 g/mol. The van der Waals surface area contributed by atoms with Crippen molar-refractivity contribution in [2.45, 2.75) is 20.8 Å². The number of hydrogen-bond acceptors (Lipinski definition) is 5. The van der Waals surface area contributed by atoms with Crippen LogP contribution >= 0.6 is 0 Å². The SMILES string of the molecule is CCOC(=O)c1cccnc1NCC(C(=O)O)C(C)C. The summed E-state index contributed by atoms with van der Waals surface area (Å²) in [5.41, 5.74) is 0.308. The molecule has 0 spiro atoms. The standard InChI is InChI=1S/C14H20N2O4/c1-4-20-14(19)10-6-5-7-15-12(10)16-8-11(9(2)3)13(17)18/h5-7,9,11H,4,8H2,1-3H3,(H,15,16)(H,17,18). The van der Waals surface area contributed by atoms with Crippen molar-refractivity contribution in [2.75, 3.05) is 18.5 Å². The average Bonchev–Trinajstić information content (AvgIpc) is 2.38. The van der Waals surface area contributed by atoms with Crippen LogP contribution in [0.25, 0.3) is 0 Å². The van der Waals surface area contributed by atoms with Gasteiger partial charge in [-0.3, -0.25) is 4.79 Å². The minimum absolute atomic E-state index is 0.0187. The molecule has 1 unspecified atom stereocenters. The molecule has 1 aromatic rings. The molecule has 1 rings (SSSR count). The van der Waals surface area contributed by atoms with E-state index in [-0.39, 0.29) is 19.1 Å². The van der Waals surface area contributed by atoms with Gasteiger partial charge < -0.3 is 15.2 Å². The number of nitrogens with one attached hydrogen (secondary N) is 1. The number of pyridine rings is 1. The van der Waals surface area contributed by atoms with E-state index in [1.807, 2.05) is 13.8 Å². The summed E-state index contributed by atoms with van der Waals surface area (Å²) in [6.45, 7) is 5.88. The highest BCUT2D eigenvalue weighted by Gasteiger charge is 2.22. The van der Waals surface area contributed by atoms with Crippen molar-refractivity contribution in [2.24, 2.45) is 11.8 Å². The van der Waals surface area contributed by atoms with Gasteiger partial charge in [0.25, 0.3) is 0 Å². The molecule has 0 amide bonds. The molecule has 0 aliphatic heterocycles. The molecule has 0 saturated carbocycles. The zero-order chi connectivity index (χ0) is 15.1. The second-order valence-electron chi connectivity index (χ2n) is 4.69. The molecule has 0 aromatic carbocycles. The number of hydrogen-bond donors (Lipinski definition) is 2. The molecule has 1 aromatic heterocycles. The molecule has 0 bridgehead atoms. The molecular formula is C14H20N2O4. The molecule has 0 aliphatic carbocycles. The molecule has 0 fully saturated rings. The Balaban J connectivity index is 2.82. The lowest BCUT2D eigenvalue weighted by Gasteiger charge is -2.18. The lowest BCUT2D eigenvalue weighted by Crippen LogP contribution is -2.28. The summed E-state index contributed by atoms with van der Waals surface area (Å²) < 4.78 is 4.94. The van der Waals surface area contributed by atoms with Gasteiger partial charge in [-0.15, -0.1) is 0 Å². The molecule has 6 heteroatoms. The first-order valence-electron chi connectivity index (χ1n) is 6.56. The van der Waals surface area contributed by atoms with E-state index in [1.54, 1.807) is 19.1 Å². The first-order chi connectivity index (χ1) is 9.47. The summed E-state index contributed by atoms with van der Waals surface area (Å²) in [6, 6.07) is 3.23. The van der Waals surface area contributed by atoms with Crippen LogP contribution in [0, 0.1) is 11.8 Å². The third kappa shape index (κ3) is 4.22. The molecule has 0 saturated heterocycles. The van der Waals surface area contributed by atoms with E-state index in [2.05, 4.69) is 10.3 Å². The minimum Gasteiger partial charge on any atom is -0.481 e. The van der Waals surface area contributed by atoms with Gasteiger partial charge in [0, 0.05) is 12.7 Å². The first-order valence-corrected chi connectivity index (χ1v) is 6.56. The Morgan fingerprint density at radius 1 is 1.45 bits per heavy atom. The lowest BCUT2D eigenvalue weighted by atomic mass is 9.96. The number of carbonyl (C=O) groups is 2. The Kier molecular flexibility index (Phi) is 5.96. The smallest absolute Gasteiger partial charge is 0.341 e. The Bertz CT molecular complexity index is 474. The Labute approximate surface area is 118 Å². The van der Waals surface area contributed by atoms with Crippen molar-refractivity contribution in [1.29, 1.82) is 0 Å². The van der Waals surface area contributed by atoms with Crippen molar-refractivity contribution < 1.29 is 19.4 Å². The normalized spacial score (nSPS) is 12.0. The van der Waals surface area contributed by atoms with E-state index >= 15 is 0 Å². The van der Waals surface area contributed by atoms with Gasteiger partial charge in [-0.25, -0.2) is 9.78 Å². The van der Waals surface area contributed by atoms with Crippen LogP contribution in [0.2, 0.25) is 0 Å². The van der Waals surface area contributed by atoms with Crippen molar-refractivity contribution in [3.63, 3.8) is 0 Å². The van der Waals surface area contributed by atoms with Gasteiger partial charge in [-0.05, 0) is 25.0 Å². The molecule has 0 radical (unpaired) electrons. The maximum atomic E-state index is 11.8. The highest BCUT2D eigenvalue weighted by Crippen LogP contribution is 2.16. The topological polar surface area (TPSA) is 88.5 Å². The molecule has 20 heavy (non-hydrogen) atoms. The van der Waals surface area contributed by atoms with Gasteiger partial charge in [0.2, 0.25) is 0 Å². The van der Waals surface area contributed by atoms with E-state index in [4.69, 9.17) is 9.84 Å². The van der Waals surface area contributed by atoms with E-state index in [0.29, 0.717) is 11.4 Å². The van der Waals surface area contributed by atoms with Gasteiger partial charge in [0.15, 0.2) is 0 Å². The number of rotatable bonds is 7. The number of aromatic nitrogens is 1. The number of esters is 1. The predicted octanol–water partition coefficient (Wildman–Crippen LogP) is 2.03. The second kappa shape index (κ2) is 7.47. The van der Waals surface area contributed by atoms with E-state index < -0.39 is 17.9 Å². The van der Waals surface area contributed by atoms with E-state index in [1.165, 1.54) is 6.20 Å². The highest BCUT2D eigenvalue weighted by atomic mass is 16.5. The van der Waals surface area contributed by atoms with Crippen LogP contribution in [0.1, 0.15) is 31.1 Å². The summed E-state index contributed by atoms with van der Waals surface area (Å²) in [7, 11) is 0. The largest absolute Gasteiger partial charge is 0.481 e. The summed E-state index contributed by atoms with van der Waals surface area (Å²) in [5.74, 6) is -1.57. The maximum absolute atomic E-state index is 11.8. The summed E-state index contributed by atoms with van der Waals surface area (Å²) >= 11 is 0. The highest BCUT2D eigenvalue weighted by molar-refractivity contribution is 5.94. The van der Waals surface area contributed by atoms with Gasteiger partial charge in [0.1, 0.15) is 11.4 Å². The maximum Gasteiger partial charge on any atom is 0.341 e. The van der Waals surface area contributed by atoms with Gasteiger partial charge in [0.05, 0.1) is 12.5 Å². The zero-order valence-electron chi connectivity index (χ0n) is 11.9. The van der Waals surface area contributed by atoms with Crippen LogP contribution in [-0.4, -0.2) is 35.2 Å². The summed E-state index contributed by atoms with van der Waals surface area (Å²) in [4.78, 5) is 27.0. The van der Waals surface area contributed by atoms with Crippen molar-refractivity contribution >= 4 is 17.8 Å². The second-order valence-corrected chi connectivity index (χ2v) is 4.69. The van der Waals surface area contributed by atoms with Crippen molar-refractivity contribution in [3.8, 4) is 0 Å². The predicted molar refractivity (Wildman–Crippen MR) is 74.6 cm³/mol. The number of carboxylic acids is 1. The Hall–Kier alpha value is -2.11. The average molecular weight is 280 g/mol. The van der Waals surface area contributed by atoms with Crippen LogP contribution in [0.15, 0.2) is 18.3 Å². The number of carbonyl (C=O) groups excluding carboxylic acids is 1. The van der Waals surface area contributed by atoms with Crippen molar-refractivity contribution in [3.05, 3.63) is 23.9 Å². The lowest BCUT2D eigenvalue weighted by molar-refractivity contribution is -0.142. The third-order valence-corrected chi connectivity index (χ3v) is 2.91. The number of nitrogens with zero attached hydrogens (tertiary/aromatic N) is 1. The summed E-state index contributed by atoms with van der Waals surface area (Å²) in [6.07, 6.45) is 1.54. The zero-order valence-corrected chi connectivity index (χ0v) is 11.9. The fraction of sp³-hybridized carbons (Fsp3) is 0.500. The van der Waals surface area contributed by atoms with Crippen LogP contribution < -0.4 is 5.32 Å². The molecule has 110 valence electrons. The van der Waals surface area contributed by atoms with Gasteiger partial charge in [-0.2, -0.15) is 0 Å². The Morgan fingerprint density at radius 3 is 2.70 bits per heavy atom. The molecule has 0 aliphatic rings. The minimum atomic E-state index is -0.874. The quantitative estimate of drug-likeness (QED) is 0.743. The van der Waals surface area contributed by atoms with E-state index in [9.17, 15) is 9.59 Å². The van der Waals surface area contributed by atoms with Crippen LogP contribution in [0.5, 0.6) is 0 Å². The first kappa shape index (κ1) is 15.9. The molecule has 2 N–H and O–H groups in total. The van der Waals surface area contributed by atoms with Crippen molar-refractivity contribution in [1.82, 2.24) is 4.98 Å². The molecule has 6 nitrogen and oxygen atoms in total. The molecule has 1 heterocycles. The molecular weight excluding hydrogens is 260 g/mol. The van der Waals surface area contributed by atoms with Crippen LogP contribution in [0.4, 0.5) is 5.82 Å². The fourth-order valence-corrected chi connectivity index (χ4v) is 1.73. The number of carboxylic acid groups (broad SMARTS) is 1. The number of ether oxygens (including phenoxy) is 1. The third-order valence-electron chi connectivity index (χ3n) is 2.91. The number of aliphatic carboxylic acids is 1. The fourth-order valence-electron chi connectivity index (χ4n) is 1.73. The molecule has 1 atom stereocenters. The van der Waals surface area contributed by atoms with Gasteiger partial charge >= 0.3 is 11.9 Å². The summed E-state index contributed by atoms with van der Waals surface area (Å²) in [5, 5.41) is 12.1. The number of anilines is 1. The van der Waals surface area contributed by atoms with Crippen LogP contribution in [-0.2, 0) is 9.53 Å². The Morgan fingerprint density at radius 2 is 2.15 bits per heavy atom. The van der Waals surface area contributed by atoms with Gasteiger partial charge in [-0.1, -0.05) is 13.8 Å².